The quantitative estimate of drug-likeness (QED) is 0.211. The van der Waals surface area contributed by atoms with Crippen molar-refractivity contribution in [3.8, 4) is 5.75 Å². The number of hydrogen-bond donors (Lipinski definition) is 4. The number of hydrogen-bond acceptors (Lipinski definition) is 7. The van der Waals surface area contributed by atoms with E-state index in [1.165, 1.54) is 18.1 Å². The smallest absolute Gasteiger partial charge is 0.374 e. The second kappa shape index (κ2) is 15.9. The van der Waals surface area contributed by atoms with Crippen LogP contribution in [0.2, 0.25) is 6.82 Å². The SMILES string of the molecule is C.COc1ccc(C(C(=O)N(C)C)n2cnc(NC(=O)C(CCCc3ccccc3)NC(=O)C(C)(C)NB(C)O)c2)cc1. The molecule has 3 aromatic rings. The molecule has 0 aliphatic carbocycles. The van der Waals surface area contributed by atoms with Gasteiger partial charge in [0.1, 0.15) is 17.8 Å². The molecule has 12 heteroatoms. The van der Waals surface area contributed by atoms with Crippen molar-refractivity contribution in [2.45, 2.75) is 65.0 Å². The molecule has 232 valence electrons. The number of benzene rings is 2. The maximum Gasteiger partial charge on any atom is 0.374 e. The fourth-order valence-electron chi connectivity index (χ4n) is 4.58. The molecule has 1 heterocycles. The van der Waals surface area contributed by atoms with Gasteiger partial charge in [-0.05, 0) is 63.2 Å². The van der Waals surface area contributed by atoms with Crippen LogP contribution in [0.1, 0.15) is 51.3 Å². The molecule has 3 amide bonds. The van der Waals surface area contributed by atoms with E-state index in [2.05, 4.69) is 20.8 Å². The van der Waals surface area contributed by atoms with Crippen LogP contribution in [0.4, 0.5) is 5.82 Å². The highest BCUT2D eigenvalue weighted by molar-refractivity contribution is 6.46. The molecule has 2 unspecified atom stereocenters. The molecule has 4 N–H and O–H groups in total. The monoisotopic (exact) mass is 592 g/mol. The first-order valence-corrected chi connectivity index (χ1v) is 13.9. The van der Waals surface area contributed by atoms with Gasteiger partial charge in [0.05, 0.1) is 19.0 Å². The van der Waals surface area contributed by atoms with Crippen molar-refractivity contribution in [1.29, 1.82) is 0 Å². The topological polar surface area (TPSA) is 138 Å². The van der Waals surface area contributed by atoms with Crippen LogP contribution >= 0.6 is 0 Å². The Labute approximate surface area is 255 Å². The summed E-state index contributed by atoms with van der Waals surface area (Å²) in [6.45, 7) is 4.79. The normalized spacial score (nSPS) is 12.3. The first-order valence-electron chi connectivity index (χ1n) is 13.9. The van der Waals surface area contributed by atoms with E-state index in [9.17, 15) is 19.4 Å². The Hall–Kier alpha value is -4.16. The Morgan fingerprint density at radius 2 is 1.74 bits per heavy atom. The van der Waals surface area contributed by atoms with Crippen molar-refractivity contribution in [3.05, 3.63) is 78.2 Å². The number of anilines is 1. The minimum atomic E-state index is -1.12. The molecule has 3 rings (SSSR count). The number of methoxy groups -OCH3 is 1. The van der Waals surface area contributed by atoms with E-state index >= 15 is 0 Å². The van der Waals surface area contributed by atoms with Gasteiger partial charge in [-0.15, -0.1) is 0 Å². The fraction of sp³-hybridized carbons (Fsp3) is 0.419. The third-order valence-corrected chi connectivity index (χ3v) is 6.82. The standard InChI is InChI=1S/C30H41BN6O5.CH4/c1-30(2,35-31(3)41)29(40)33-24(14-10-13-21-11-8-7-9-12-21)27(38)34-25-19-37(20-32-25)26(28(39)36(4)5)22-15-17-23(42-6)18-16-22;/h7-9,11-12,15-20,24,26,35,41H,10,13-14H2,1-6H3,(H,33,40)(H,34,38);1H4. The van der Waals surface area contributed by atoms with Crippen LogP contribution in [0.15, 0.2) is 67.1 Å². The molecule has 43 heavy (non-hydrogen) atoms. The Balaban J connectivity index is 0.00000645. The van der Waals surface area contributed by atoms with Gasteiger partial charge < -0.3 is 35.1 Å². The summed E-state index contributed by atoms with van der Waals surface area (Å²) >= 11 is 0. The lowest BCUT2D eigenvalue weighted by atomic mass is 9.83. The van der Waals surface area contributed by atoms with Crippen LogP contribution in [0.5, 0.6) is 5.75 Å². The van der Waals surface area contributed by atoms with Gasteiger partial charge in [0.15, 0.2) is 5.82 Å². The second-order valence-corrected chi connectivity index (χ2v) is 11.0. The minimum Gasteiger partial charge on any atom is -0.497 e. The summed E-state index contributed by atoms with van der Waals surface area (Å²) in [6.07, 6.45) is 4.85. The summed E-state index contributed by atoms with van der Waals surface area (Å²) in [5.41, 5.74) is 0.739. The number of aromatic nitrogens is 2. The molecule has 0 saturated carbocycles. The van der Waals surface area contributed by atoms with E-state index in [0.717, 1.165) is 17.5 Å². The third kappa shape index (κ3) is 9.97. The van der Waals surface area contributed by atoms with Gasteiger partial charge in [-0.2, -0.15) is 0 Å². The summed E-state index contributed by atoms with van der Waals surface area (Å²) in [7, 11) is 4.01. The maximum absolute atomic E-state index is 13.5. The molecule has 0 bridgehead atoms. The Kier molecular flexibility index (Phi) is 13.0. The first kappa shape index (κ1) is 35.0. The van der Waals surface area contributed by atoms with Crippen molar-refractivity contribution in [1.82, 2.24) is 25.0 Å². The van der Waals surface area contributed by atoms with Gasteiger partial charge in [-0.3, -0.25) is 14.4 Å². The van der Waals surface area contributed by atoms with Crippen molar-refractivity contribution < 1.29 is 24.1 Å². The molecule has 0 saturated heterocycles. The lowest BCUT2D eigenvalue weighted by Crippen LogP contribution is -2.60. The number of aryl methyl sites for hydroxylation is 1. The molecule has 0 fully saturated rings. The Morgan fingerprint density at radius 3 is 2.33 bits per heavy atom. The van der Waals surface area contributed by atoms with Gasteiger partial charge in [0.25, 0.3) is 0 Å². The number of rotatable bonds is 14. The predicted molar refractivity (Wildman–Crippen MR) is 170 cm³/mol. The number of likely N-dealkylation sites (N-methyl/N-ethyl adjacent to an activating group) is 1. The molecule has 0 spiro atoms. The second-order valence-electron chi connectivity index (χ2n) is 11.0. The van der Waals surface area contributed by atoms with Crippen LogP contribution < -0.4 is 20.6 Å². The third-order valence-electron chi connectivity index (χ3n) is 6.82. The highest BCUT2D eigenvalue weighted by Gasteiger charge is 2.33. The van der Waals surface area contributed by atoms with Crippen LogP contribution in [0.3, 0.4) is 0 Å². The summed E-state index contributed by atoms with van der Waals surface area (Å²) < 4.78 is 6.88. The van der Waals surface area contributed by atoms with Crippen LogP contribution in [-0.2, 0) is 20.8 Å². The number of nitrogens with zero attached hydrogens (tertiary/aromatic N) is 3. The molecule has 11 nitrogen and oxygen atoms in total. The lowest BCUT2D eigenvalue weighted by molar-refractivity contribution is -0.131. The highest BCUT2D eigenvalue weighted by Crippen LogP contribution is 2.24. The number of imidazole rings is 1. The minimum absolute atomic E-state index is 0. The summed E-state index contributed by atoms with van der Waals surface area (Å²) in [6, 6.07) is 15.5. The number of amides is 3. The summed E-state index contributed by atoms with van der Waals surface area (Å²) in [5, 5.41) is 18.2. The van der Waals surface area contributed by atoms with Crippen LogP contribution in [0.25, 0.3) is 0 Å². The maximum atomic E-state index is 13.5. The van der Waals surface area contributed by atoms with Gasteiger partial charge in [0.2, 0.25) is 17.7 Å². The van der Waals surface area contributed by atoms with E-state index in [1.807, 2.05) is 42.5 Å². The van der Waals surface area contributed by atoms with E-state index in [1.54, 1.807) is 57.9 Å². The highest BCUT2D eigenvalue weighted by atomic mass is 16.5. The predicted octanol–water partition coefficient (Wildman–Crippen LogP) is 3.13. The average molecular weight is 593 g/mol. The molecule has 0 aliphatic heterocycles. The summed E-state index contributed by atoms with van der Waals surface area (Å²) in [5.74, 6) is -0.122. The zero-order chi connectivity index (χ0) is 30.9. The van der Waals surface area contributed by atoms with Gasteiger partial charge in [-0.1, -0.05) is 49.9 Å². The van der Waals surface area contributed by atoms with E-state index < -0.39 is 36.5 Å². The van der Waals surface area contributed by atoms with Crippen molar-refractivity contribution in [2.24, 2.45) is 0 Å². The van der Waals surface area contributed by atoms with Crippen molar-refractivity contribution in [2.75, 3.05) is 26.5 Å². The zero-order valence-corrected chi connectivity index (χ0v) is 25.1. The number of nitrogens with one attached hydrogen (secondary N) is 3. The molecule has 2 atom stereocenters. The first-order chi connectivity index (χ1) is 19.9. The van der Waals surface area contributed by atoms with Gasteiger partial charge in [-0.25, -0.2) is 4.98 Å². The molecular formula is C31H45BN6O5. The van der Waals surface area contributed by atoms with Gasteiger partial charge in [0, 0.05) is 20.3 Å². The van der Waals surface area contributed by atoms with Crippen LogP contribution in [-0.4, -0.2) is 77.0 Å². The van der Waals surface area contributed by atoms with Crippen molar-refractivity contribution in [3.63, 3.8) is 0 Å². The number of carbonyl (C=O) groups excluding carboxylic acids is 3. The summed E-state index contributed by atoms with van der Waals surface area (Å²) in [4.78, 5) is 45.5. The number of ether oxygens (including phenoxy) is 1. The zero-order valence-electron chi connectivity index (χ0n) is 25.1. The fourth-order valence-corrected chi connectivity index (χ4v) is 4.58. The molecular weight excluding hydrogens is 547 g/mol. The lowest BCUT2D eigenvalue weighted by Gasteiger charge is -2.28. The average Bonchev–Trinajstić information content (AvgIpc) is 3.40. The molecule has 2 aromatic carbocycles. The number of carbonyl (C=O) groups is 3. The van der Waals surface area contributed by atoms with Gasteiger partial charge >= 0.3 is 7.05 Å². The van der Waals surface area contributed by atoms with Crippen molar-refractivity contribution >= 4 is 30.6 Å². The molecule has 1 aromatic heterocycles. The molecule has 0 radical (unpaired) electrons. The van der Waals surface area contributed by atoms with Crippen LogP contribution in [0, 0.1) is 0 Å². The Morgan fingerprint density at radius 1 is 1.09 bits per heavy atom. The van der Waals surface area contributed by atoms with E-state index in [0.29, 0.717) is 18.6 Å². The van der Waals surface area contributed by atoms with E-state index in [4.69, 9.17) is 4.74 Å². The van der Waals surface area contributed by atoms with E-state index in [-0.39, 0.29) is 19.2 Å². The largest absolute Gasteiger partial charge is 0.497 e. The molecule has 0 aliphatic rings. The Bertz CT molecular complexity index is 1330.